The minimum Gasteiger partial charge on any atom is -0.395 e. The van der Waals surface area contributed by atoms with E-state index in [1.165, 1.54) is 0 Å². The predicted molar refractivity (Wildman–Crippen MR) is 78.1 cm³/mol. The molecule has 0 saturated heterocycles. The maximum atomic E-state index is 9.02. The van der Waals surface area contributed by atoms with Gasteiger partial charge in [0.2, 0.25) is 0 Å². The third-order valence-electron chi connectivity index (χ3n) is 2.65. The van der Waals surface area contributed by atoms with E-state index in [0.717, 1.165) is 19.4 Å². The first-order valence-electron chi connectivity index (χ1n) is 7.41. The van der Waals surface area contributed by atoms with E-state index in [0.29, 0.717) is 46.2 Å². The van der Waals surface area contributed by atoms with Crippen LogP contribution in [0.2, 0.25) is 0 Å². The molecule has 0 aromatic carbocycles. The molecule has 1 unspecified atom stereocenters. The van der Waals surface area contributed by atoms with Crippen molar-refractivity contribution >= 4 is 0 Å². The summed E-state index contributed by atoms with van der Waals surface area (Å²) in [7, 11) is 1.62. The molecule has 0 heterocycles. The molecule has 6 heteroatoms. The van der Waals surface area contributed by atoms with E-state index >= 15 is 0 Å². The van der Waals surface area contributed by atoms with Gasteiger partial charge in [-0.25, -0.2) is 0 Å². The van der Waals surface area contributed by atoms with Crippen molar-refractivity contribution in [1.29, 1.82) is 0 Å². The Morgan fingerprint density at radius 1 is 0.950 bits per heavy atom. The lowest BCUT2D eigenvalue weighted by atomic mass is 10.3. The monoisotopic (exact) mass is 293 g/mol. The number of hydrogen-bond acceptors (Lipinski definition) is 6. The number of aliphatic hydroxyl groups excluding tert-OH is 1. The van der Waals surface area contributed by atoms with Gasteiger partial charge in [0, 0.05) is 20.3 Å². The van der Waals surface area contributed by atoms with Gasteiger partial charge in [-0.15, -0.1) is 0 Å². The van der Waals surface area contributed by atoms with Crippen LogP contribution in [-0.4, -0.2) is 77.7 Å². The highest BCUT2D eigenvalue weighted by Crippen LogP contribution is 1.88. The molecule has 0 aliphatic heterocycles. The third kappa shape index (κ3) is 14.2. The molecule has 0 aromatic heterocycles. The molecule has 122 valence electrons. The highest BCUT2D eigenvalue weighted by molar-refractivity contribution is 4.63. The molecule has 0 saturated carbocycles. The van der Waals surface area contributed by atoms with E-state index in [2.05, 4.69) is 12.2 Å². The van der Waals surface area contributed by atoms with Crippen molar-refractivity contribution in [3.05, 3.63) is 0 Å². The first kappa shape index (κ1) is 19.8. The molecule has 0 spiro atoms. The average molecular weight is 293 g/mol. The van der Waals surface area contributed by atoms with Crippen LogP contribution in [0.1, 0.15) is 19.8 Å². The van der Waals surface area contributed by atoms with Gasteiger partial charge in [0.25, 0.3) is 0 Å². The molecule has 6 nitrogen and oxygen atoms in total. The zero-order chi connectivity index (χ0) is 14.9. The molecule has 0 amide bonds. The van der Waals surface area contributed by atoms with Gasteiger partial charge >= 0.3 is 0 Å². The number of nitrogens with one attached hydrogen (secondary N) is 1. The SMILES string of the molecule is CCCCOCCOCCOCCNC(CO)COC. The van der Waals surface area contributed by atoms with Crippen molar-refractivity contribution in [2.45, 2.75) is 25.8 Å². The predicted octanol–water partition coefficient (Wildman–Crippen LogP) is 0.433. The average Bonchev–Trinajstić information content (AvgIpc) is 2.47. The Bertz CT molecular complexity index is 183. The van der Waals surface area contributed by atoms with Crippen LogP contribution < -0.4 is 5.32 Å². The summed E-state index contributed by atoms with van der Waals surface area (Å²) in [6.07, 6.45) is 2.26. The van der Waals surface area contributed by atoms with E-state index in [1.807, 2.05) is 0 Å². The minimum atomic E-state index is -0.0277. The maximum Gasteiger partial charge on any atom is 0.0701 e. The van der Waals surface area contributed by atoms with Crippen LogP contribution in [0.15, 0.2) is 0 Å². The fraction of sp³-hybridized carbons (Fsp3) is 1.00. The molecular formula is C14H31NO5. The Morgan fingerprint density at radius 3 is 2.10 bits per heavy atom. The molecule has 0 radical (unpaired) electrons. The zero-order valence-electron chi connectivity index (χ0n) is 12.9. The summed E-state index contributed by atoms with van der Waals surface area (Å²) in [5, 5.41) is 12.2. The van der Waals surface area contributed by atoms with Gasteiger partial charge < -0.3 is 29.4 Å². The summed E-state index contributed by atoms with van der Waals surface area (Å²) in [6.45, 7) is 7.23. The summed E-state index contributed by atoms with van der Waals surface area (Å²) in [5.41, 5.74) is 0. The Morgan fingerprint density at radius 2 is 1.55 bits per heavy atom. The van der Waals surface area contributed by atoms with E-state index in [1.54, 1.807) is 7.11 Å². The quantitative estimate of drug-likeness (QED) is 0.402. The van der Waals surface area contributed by atoms with Crippen molar-refractivity contribution in [3.63, 3.8) is 0 Å². The Hall–Kier alpha value is -0.240. The summed E-state index contributed by atoms with van der Waals surface area (Å²) in [4.78, 5) is 0. The number of hydrogen-bond donors (Lipinski definition) is 2. The summed E-state index contributed by atoms with van der Waals surface area (Å²) in [5.74, 6) is 0. The Labute approximate surface area is 122 Å². The minimum absolute atomic E-state index is 0.0277. The van der Waals surface area contributed by atoms with Crippen molar-refractivity contribution < 1.29 is 24.1 Å². The van der Waals surface area contributed by atoms with E-state index < -0.39 is 0 Å². The molecule has 0 aliphatic carbocycles. The lowest BCUT2D eigenvalue weighted by molar-refractivity contribution is 0.0137. The van der Waals surface area contributed by atoms with Gasteiger partial charge in [-0.2, -0.15) is 0 Å². The second-order valence-electron chi connectivity index (χ2n) is 4.48. The van der Waals surface area contributed by atoms with E-state index in [9.17, 15) is 0 Å². The molecule has 0 bridgehead atoms. The summed E-state index contributed by atoms with van der Waals surface area (Å²) in [6, 6.07) is -0.0277. The number of unbranched alkanes of at least 4 members (excludes halogenated alkanes) is 1. The fourth-order valence-corrected chi connectivity index (χ4v) is 1.50. The van der Waals surface area contributed by atoms with Crippen molar-refractivity contribution in [2.24, 2.45) is 0 Å². The number of rotatable bonds is 16. The highest BCUT2D eigenvalue weighted by Gasteiger charge is 2.04. The Balaban J connectivity index is 3.09. The maximum absolute atomic E-state index is 9.02. The smallest absolute Gasteiger partial charge is 0.0701 e. The third-order valence-corrected chi connectivity index (χ3v) is 2.65. The van der Waals surface area contributed by atoms with E-state index in [-0.39, 0.29) is 12.6 Å². The topological polar surface area (TPSA) is 69.2 Å². The summed E-state index contributed by atoms with van der Waals surface area (Å²) >= 11 is 0. The van der Waals surface area contributed by atoms with Gasteiger partial charge in [0.05, 0.1) is 52.3 Å². The van der Waals surface area contributed by atoms with Crippen LogP contribution >= 0.6 is 0 Å². The molecule has 0 fully saturated rings. The number of aliphatic hydroxyl groups is 1. The number of methoxy groups -OCH3 is 1. The van der Waals surface area contributed by atoms with Gasteiger partial charge in [-0.3, -0.25) is 0 Å². The lowest BCUT2D eigenvalue weighted by Gasteiger charge is -2.15. The molecule has 0 aromatic rings. The first-order chi connectivity index (χ1) is 9.85. The second-order valence-corrected chi connectivity index (χ2v) is 4.48. The van der Waals surface area contributed by atoms with Crippen LogP contribution in [0, 0.1) is 0 Å². The molecule has 0 aliphatic rings. The van der Waals surface area contributed by atoms with E-state index in [4.69, 9.17) is 24.1 Å². The Kier molecular flexibility index (Phi) is 16.6. The van der Waals surface area contributed by atoms with Crippen LogP contribution in [0.4, 0.5) is 0 Å². The largest absolute Gasteiger partial charge is 0.395 e. The van der Waals surface area contributed by atoms with Gasteiger partial charge in [0.15, 0.2) is 0 Å². The number of ether oxygens (including phenoxy) is 4. The van der Waals surface area contributed by atoms with Crippen molar-refractivity contribution in [2.75, 3.05) is 66.5 Å². The fourth-order valence-electron chi connectivity index (χ4n) is 1.50. The zero-order valence-corrected chi connectivity index (χ0v) is 12.9. The standard InChI is InChI=1S/C14H31NO5/c1-3-4-6-18-8-10-20-11-9-19-7-5-15-14(12-16)13-17-2/h14-16H,3-13H2,1-2H3. The molecule has 2 N–H and O–H groups in total. The molecular weight excluding hydrogens is 262 g/mol. The highest BCUT2D eigenvalue weighted by atomic mass is 16.5. The van der Waals surface area contributed by atoms with Crippen LogP contribution in [0.3, 0.4) is 0 Å². The van der Waals surface area contributed by atoms with Crippen LogP contribution in [-0.2, 0) is 18.9 Å². The van der Waals surface area contributed by atoms with Crippen LogP contribution in [0.25, 0.3) is 0 Å². The van der Waals surface area contributed by atoms with Crippen LogP contribution in [0.5, 0.6) is 0 Å². The summed E-state index contributed by atoms with van der Waals surface area (Å²) < 4.78 is 21.1. The van der Waals surface area contributed by atoms with Crippen molar-refractivity contribution in [1.82, 2.24) is 5.32 Å². The first-order valence-corrected chi connectivity index (χ1v) is 7.41. The molecule has 20 heavy (non-hydrogen) atoms. The van der Waals surface area contributed by atoms with Gasteiger partial charge in [-0.05, 0) is 6.42 Å². The van der Waals surface area contributed by atoms with Crippen molar-refractivity contribution in [3.8, 4) is 0 Å². The van der Waals surface area contributed by atoms with Gasteiger partial charge in [0.1, 0.15) is 0 Å². The normalized spacial score (nSPS) is 12.8. The second kappa shape index (κ2) is 16.8. The molecule has 1 atom stereocenters. The molecule has 0 rings (SSSR count). The van der Waals surface area contributed by atoms with Gasteiger partial charge in [-0.1, -0.05) is 13.3 Å². The lowest BCUT2D eigenvalue weighted by Crippen LogP contribution is -2.38.